The highest BCUT2D eigenvalue weighted by Crippen LogP contribution is 2.24. The summed E-state index contributed by atoms with van der Waals surface area (Å²) in [4.78, 5) is 13.2. The molecule has 0 spiro atoms. The molecule has 1 unspecified atom stereocenters. The lowest BCUT2D eigenvalue weighted by molar-refractivity contribution is -0.118. The van der Waals surface area contributed by atoms with Gasteiger partial charge in [0.15, 0.2) is 0 Å². The predicted octanol–water partition coefficient (Wildman–Crippen LogP) is 0.754. The van der Waals surface area contributed by atoms with Gasteiger partial charge in [-0.25, -0.2) is 0 Å². The van der Waals surface area contributed by atoms with Crippen LogP contribution in [0.4, 0.5) is 5.95 Å². The van der Waals surface area contributed by atoms with E-state index in [-0.39, 0.29) is 11.8 Å². The van der Waals surface area contributed by atoms with Crippen molar-refractivity contribution < 1.29 is 4.79 Å². The van der Waals surface area contributed by atoms with Crippen LogP contribution in [0.5, 0.6) is 0 Å². The molecule has 1 aromatic heterocycles. The third-order valence-electron chi connectivity index (χ3n) is 3.75. The van der Waals surface area contributed by atoms with Crippen LogP contribution in [0.1, 0.15) is 19.3 Å². The number of tetrazole rings is 1. The van der Waals surface area contributed by atoms with Gasteiger partial charge in [0.25, 0.3) is 0 Å². The Hall–Kier alpha value is -2.44. The lowest BCUT2D eigenvalue weighted by atomic mass is 9.95. The number of hydrogen-bond acceptors (Lipinski definition) is 5. The van der Waals surface area contributed by atoms with Gasteiger partial charge in [-0.1, -0.05) is 23.3 Å². The summed E-state index contributed by atoms with van der Waals surface area (Å²) in [5.74, 6) is 0.747. The molecule has 2 N–H and O–H groups in total. The topological polar surface area (TPSA) is 89.9 Å². The maximum Gasteiger partial charge on any atom is 0.250 e. The summed E-state index contributed by atoms with van der Waals surface area (Å²) in [6.45, 7) is 1.65. The smallest absolute Gasteiger partial charge is 0.250 e. The van der Waals surface area contributed by atoms with Crippen LogP contribution in [0.25, 0.3) is 5.69 Å². The van der Waals surface area contributed by atoms with E-state index in [4.69, 9.17) is 5.73 Å². The van der Waals surface area contributed by atoms with Crippen molar-refractivity contribution in [2.75, 3.05) is 18.0 Å². The monoisotopic (exact) mass is 286 g/mol. The number of amides is 1. The van der Waals surface area contributed by atoms with E-state index in [0.29, 0.717) is 6.42 Å². The zero-order chi connectivity index (χ0) is 14.7. The standard InChI is InChI=1S/C14H18N6O/c15-13(21)9-11-5-4-8-19(10-11)14-16-17-18-20(14)12-6-2-1-3-7-12/h1-3,6-7,11H,4-5,8-10H2,(H2,15,21). The summed E-state index contributed by atoms with van der Waals surface area (Å²) < 4.78 is 1.73. The molecule has 1 fully saturated rings. The Labute approximate surface area is 122 Å². The minimum Gasteiger partial charge on any atom is -0.370 e. The van der Waals surface area contributed by atoms with E-state index in [1.54, 1.807) is 4.68 Å². The molecule has 1 amide bonds. The highest BCUT2D eigenvalue weighted by atomic mass is 16.1. The number of carbonyl (C=O) groups is 1. The Morgan fingerprint density at radius 1 is 1.33 bits per heavy atom. The van der Waals surface area contributed by atoms with E-state index in [1.165, 1.54) is 0 Å². The molecule has 0 aliphatic carbocycles. The van der Waals surface area contributed by atoms with Gasteiger partial charge in [0.05, 0.1) is 5.69 Å². The first kappa shape index (κ1) is 13.5. The summed E-state index contributed by atoms with van der Waals surface area (Å²) in [6, 6.07) is 9.78. The highest BCUT2D eigenvalue weighted by Gasteiger charge is 2.25. The highest BCUT2D eigenvalue weighted by molar-refractivity contribution is 5.74. The van der Waals surface area contributed by atoms with Gasteiger partial charge in [0.2, 0.25) is 11.9 Å². The van der Waals surface area contributed by atoms with Gasteiger partial charge >= 0.3 is 0 Å². The number of nitrogens with zero attached hydrogens (tertiary/aromatic N) is 5. The van der Waals surface area contributed by atoms with Gasteiger partial charge in [-0.3, -0.25) is 4.79 Å². The first-order valence-electron chi connectivity index (χ1n) is 7.11. The van der Waals surface area contributed by atoms with Crippen molar-refractivity contribution in [1.29, 1.82) is 0 Å². The summed E-state index contributed by atoms with van der Waals surface area (Å²) >= 11 is 0. The van der Waals surface area contributed by atoms with Crippen LogP contribution in [0, 0.1) is 5.92 Å². The zero-order valence-electron chi connectivity index (χ0n) is 11.7. The van der Waals surface area contributed by atoms with E-state index in [0.717, 1.165) is 37.6 Å². The van der Waals surface area contributed by atoms with E-state index in [9.17, 15) is 4.79 Å². The van der Waals surface area contributed by atoms with Crippen molar-refractivity contribution in [2.45, 2.75) is 19.3 Å². The summed E-state index contributed by atoms with van der Waals surface area (Å²) in [6.07, 6.45) is 2.45. The fraction of sp³-hybridized carbons (Fsp3) is 0.429. The molecular weight excluding hydrogens is 268 g/mol. The number of anilines is 1. The Bertz CT molecular complexity index is 611. The number of piperidine rings is 1. The molecule has 7 nitrogen and oxygen atoms in total. The minimum absolute atomic E-state index is 0.246. The van der Waals surface area contributed by atoms with Gasteiger partial charge < -0.3 is 10.6 Å². The average molecular weight is 286 g/mol. The van der Waals surface area contributed by atoms with Crippen LogP contribution in [0.2, 0.25) is 0 Å². The SMILES string of the molecule is NC(=O)CC1CCCN(c2nnnn2-c2ccccc2)C1. The van der Waals surface area contributed by atoms with Crippen molar-refractivity contribution in [2.24, 2.45) is 11.7 Å². The van der Waals surface area contributed by atoms with E-state index < -0.39 is 0 Å². The van der Waals surface area contributed by atoms with Gasteiger partial charge in [-0.2, -0.15) is 4.68 Å². The Balaban J connectivity index is 1.81. The number of aromatic nitrogens is 4. The average Bonchev–Trinajstić information content (AvgIpc) is 2.97. The largest absolute Gasteiger partial charge is 0.370 e. The summed E-state index contributed by atoms with van der Waals surface area (Å²) in [5, 5.41) is 12.0. The molecule has 21 heavy (non-hydrogen) atoms. The van der Waals surface area contributed by atoms with Crippen LogP contribution in [-0.2, 0) is 4.79 Å². The van der Waals surface area contributed by atoms with Crippen LogP contribution in [0.3, 0.4) is 0 Å². The second-order valence-corrected chi connectivity index (χ2v) is 5.35. The fourth-order valence-corrected chi connectivity index (χ4v) is 2.81. The molecule has 1 atom stereocenters. The van der Waals surface area contributed by atoms with Crippen molar-refractivity contribution >= 4 is 11.9 Å². The lowest BCUT2D eigenvalue weighted by Gasteiger charge is -2.32. The Kier molecular flexibility index (Phi) is 3.81. The van der Waals surface area contributed by atoms with Crippen molar-refractivity contribution in [1.82, 2.24) is 20.2 Å². The summed E-state index contributed by atoms with van der Waals surface area (Å²) in [5.41, 5.74) is 6.23. The molecule has 7 heteroatoms. The first-order chi connectivity index (χ1) is 10.2. The number of nitrogens with two attached hydrogens (primary N) is 1. The molecular formula is C14H18N6O. The van der Waals surface area contributed by atoms with E-state index in [1.807, 2.05) is 30.3 Å². The number of hydrogen-bond donors (Lipinski definition) is 1. The number of carbonyl (C=O) groups excluding carboxylic acids is 1. The van der Waals surface area contributed by atoms with Crippen molar-refractivity contribution in [3.63, 3.8) is 0 Å². The first-order valence-corrected chi connectivity index (χ1v) is 7.11. The number of para-hydroxylation sites is 1. The third-order valence-corrected chi connectivity index (χ3v) is 3.75. The maximum absolute atomic E-state index is 11.1. The maximum atomic E-state index is 11.1. The molecule has 1 aliphatic rings. The molecule has 1 saturated heterocycles. The summed E-state index contributed by atoms with van der Waals surface area (Å²) in [7, 11) is 0. The Morgan fingerprint density at radius 2 is 2.14 bits per heavy atom. The number of rotatable bonds is 4. The van der Waals surface area contributed by atoms with E-state index >= 15 is 0 Å². The normalized spacial score (nSPS) is 18.7. The van der Waals surface area contributed by atoms with Crippen molar-refractivity contribution in [3.8, 4) is 5.69 Å². The van der Waals surface area contributed by atoms with E-state index in [2.05, 4.69) is 20.4 Å². The van der Waals surface area contributed by atoms with Crippen LogP contribution < -0.4 is 10.6 Å². The lowest BCUT2D eigenvalue weighted by Crippen LogP contribution is -2.38. The van der Waals surface area contributed by atoms with Crippen molar-refractivity contribution in [3.05, 3.63) is 30.3 Å². The molecule has 110 valence electrons. The van der Waals surface area contributed by atoms with Gasteiger partial charge in [-0.15, -0.1) is 0 Å². The predicted molar refractivity (Wildman–Crippen MR) is 77.9 cm³/mol. The molecule has 3 rings (SSSR count). The Morgan fingerprint density at radius 3 is 2.90 bits per heavy atom. The van der Waals surface area contributed by atoms with Gasteiger partial charge in [-0.05, 0) is 41.3 Å². The molecule has 0 saturated carbocycles. The number of primary amides is 1. The minimum atomic E-state index is -0.246. The van der Waals surface area contributed by atoms with Crippen LogP contribution in [-0.4, -0.2) is 39.2 Å². The van der Waals surface area contributed by atoms with Gasteiger partial charge in [0, 0.05) is 19.5 Å². The second kappa shape index (κ2) is 5.90. The molecule has 1 aliphatic heterocycles. The van der Waals surface area contributed by atoms with Crippen LogP contribution >= 0.6 is 0 Å². The quantitative estimate of drug-likeness (QED) is 0.896. The third kappa shape index (κ3) is 3.01. The van der Waals surface area contributed by atoms with Crippen LogP contribution in [0.15, 0.2) is 30.3 Å². The zero-order valence-corrected chi connectivity index (χ0v) is 11.7. The fourth-order valence-electron chi connectivity index (χ4n) is 2.81. The molecule has 2 aromatic rings. The molecule has 0 bridgehead atoms. The molecule has 1 aromatic carbocycles. The number of benzene rings is 1. The second-order valence-electron chi connectivity index (χ2n) is 5.35. The molecule has 0 radical (unpaired) electrons. The molecule has 2 heterocycles. The van der Waals surface area contributed by atoms with Gasteiger partial charge in [0.1, 0.15) is 0 Å².